The Bertz CT molecular complexity index is 1580. The van der Waals surface area contributed by atoms with Crippen LogP contribution in [-0.2, 0) is 33.7 Å². The lowest BCUT2D eigenvalue weighted by Gasteiger charge is -2.19. The van der Waals surface area contributed by atoms with Crippen LogP contribution in [0.4, 0.5) is 9.18 Å². The minimum absolute atomic E-state index is 0.0928. The summed E-state index contributed by atoms with van der Waals surface area (Å²) in [6.07, 6.45) is -1.30. The summed E-state index contributed by atoms with van der Waals surface area (Å²) < 4.78 is 37.9. The Morgan fingerprint density at radius 1 is 1.12 bits per heavy atom. The summed E-state index contributed by atoms with van der Waals surface area (Å²) in [6.45, 7) is 4.23. The van der Waals surface area contributed by atoms with Gasteiger partial charge in [-0.1, -0.05) is 26.0 Å². The van der Waals surface area contributed by atoms with Gasteiger partial charge >= 0.3 is 6.09 Å². The molecule has 1 atom stereocenters. The highest BCUT2D eigenvalue weighted by atomic mass is 19.1. The molecule has 10 heteroatoms. The first kappa shape index (κ1) is 28.3. The van der Waals surface area contributed by atoms with Crippen molar-refractivity contribution in [2.45, 2.75) is 52.1 Å². The zero-order valence-electron chi connectivity index (χ0n) is 26.4. The molecule has 0 bridgehead atoms. The summed E-state index contributed by atoms with van der Waals surface area (Å²) in [5, 5.41) is 0.694. The lowest BCUT2D eigenvalue weighted by atomic mass is 10.0. The van der Waals surface area contributed by atoms with Crippen LogP contribution in [0, 0.1) is 11.7 Å². The average molecular weight is 569 g/mol. The van der Waals surface area contributed by atoms with Crippen molar-refractivity contribution in [1.29, 1.82) is 0 Å². The number of carbonyl (C=O) groups is 3. The van der Waals surface area contributed by atoms with E-state index in [1.54, 1.807) is 32.4 Å². The summed E-state index contributed by atoms with van der Waals surface area (Å²) >= 11 is 0. The van der Waals surface area contributed by atoms with E-state index < -0.39 is 36.3 Å². The van der Waals surface area contributed by atoms with Crippen molar-refractivity contribution in [2.24, 2.45) is 5.92 Å². The van der Waals surface area contributed by atoms with Gasteiger partial charge in [0.05, 0.1) is 6.54 Å². The maximum atomic E-state index is 14.2. The first-order chi connectivity index (χ1) is 20.1. The normalized spacial score (nSPS) is 13.3. The fraction of sp³-hybridized carbons (Fsp3) is 0.419. The van der Waals surface area contributed by atoms with E-state index in [2.05, 4.69) is 4.98 Å². The molecule has 2 heterocycles. The predicted octanol–water partition coefficient (Wildman–Crippen LogP) is 4.32. The molecular formula is C31H39FN4O5. The van der Waals surface area contributed by atoms with Gasteiger partial charge < -0.3 is 24.1 Å². The SMILES string of the molecule is [2H]C([2H])(C/C=C/C(=O)N(C)C)C(OC(=O)N(C)C)C(=O)Cc1cccn(Cc2cc3cc(F)cc(CC(C)C)c3[nH]2)c1=O. The van der Waals surface area contributed by atoms with Gasteiger partial charge in [0.1, 0.15) is 5.82 Å². The number of likely N-dealkylation sites (N-methyl/N-ethyl adjacent to an activating group) is 1. The number of halogens is 1. The zero-order chi connectivity index (χ0) is 32.1. The standard InChI is InChI=1S/C31H39FN4O5/c1-20(2)14-22-15-24(32)16-23-17-25(33-29(22)23)19-36-13-9-10-21(30(36)39)18-26(37)27(41-31(40)35(5)6)11-7-8-12-28(38)34(3)4/h8-10,12-13,15-17,20,27,33H,7,11,14,18-19H2,1-6H3/b12-8+/i11D2. The van der Waals surface area contributed by atoms with Crippen molar-refractivity contribution < 1.29 is 26.3 Å². The quantitative estimate of drug-likeness (QED) is 0.328. The van der Waals surface area contributed by atoms with Crippen molar-refractivity contribution in [3.63, 3.8) is 0 Å². The van der Waals surface area contributed by atoms with E-state index in [4.69, 9.17) is 7.48 Å². The topological polar surface area (TPSA) is 105 Å². The monoisotopic (exact) mass is 568 g/mol. The Labute approximate surface area is 242 Å². The maximum absolute atomic E-state index is 14.2. The molecule has 3 rings (SSSR count). The number of amides is 2. The van der Waals surface area contributed by atoms with Crippen LogP contribution >= 0.6 is 0 Å². The number of nitrogens with zero attached hydrogens (tertiary/aromatic N) is 3. The molecule has 0 radical (unpaired) electrons. The summed E-state index contributed by atoms with van der Waals surface area (Å²) in [7, 11) is 5.88. The van der Waals surface area contributed by atoms with Crippen molar-refractivity contribution in [3.05, 3.63) is 81.7 Å². The zero-order valence-corrected chi connectivity index (χ0v) is 24.4. The molecule has 41 heavy (non-hydrogen) atoms. The molecule has 0 spiro atoms. The van der Waals surface area contributed by atoms with E-state index >= 15 is 0 Å². The Hall–Kier alpha value is -4.21. The number of allylic oxidation sites excluding steroid dienone is 1. The third kappa shape index (κ3) is 8.64. The Kier molecular flexibility index (Phi) is 9.61. The molecule has 0 aliphatic carbocycles. The smallest absolute Gasteiger partial charge is 0.409 e. The number of hydrogen-bond acceptors (Lipinski definition) is 5. The Morgan fingerprint density at radius 2 is 1.85 bits per heavy atom. The second-order valence-corrected chi connectivity index (χ2v) is 10.7. The average Bonchev–Trinajstić information content (AvgIpc) is 3.31. The number of rotatable bonds is 12. The number of ketones is 1. The molecule has 2 amide bonds. The minimum Gasteiger partial charge on any atom is -0.438 e. The molecule has 0 fully saturated rings. The number of aromatic amines is 1. The molecule has 0 saturated heterocycles. The third-order valence-corrected chi connectivity index (χ3v) is 6.26. The van der Waals surface area contributed by atoms with E-state index in [9.17, 15) is 23.6 Å². The van der Waals surface area contributed by atoms with Crippen LogP contribution in [0.3, 0.4) is 0 Å². The van der Waals surface area contributed by atoms with Crippen LogP contribution < -0.4 is 5.56 Å². The van der Waals surface area contributed by atoms with Gasteiger partial charge in [0.15, 0.2) is 11.9 Å². The van der Waals surface area contributed by atoms with E-state index in [1.165, 1.54) is 53.9 Å². The lowest BCUT2D eigenvalue weighted by molar-refractivity contribution is -0.127. The first-order valence-corrected chi connectivity index (χ1v) is 13.4. The fourth-order valence-electron chi connectivity index (χ4n) is 4.24. The van der Waals surface area contributed by atoms with E-state index in [-0.39, 0.29) is 30.3 Å². The largest absolute Gasteiger partial charge is 0.438 e. The summed E-state index contributed by atoms with van der Waals surface area (Å²) in [5.41, 5.74) is 1.94. The number of hydrogen-bond donors (Lipinski definition) is 1. The molecule has 1 unspecified atom stereocenters. The maximum Gasteiger partial charge on any atom is 0.409 e. The Balaban J connectivity index is 1.87. The van der Waals surface area contributed by atoms with Crippen LogP contribution in [0.5, 0.6) is 0 Å². The molecule has 3 aromatic rings. The number of aromatic nitrogens is 2. The molecule has 0 saturated carbocycles. The van der Waals surface area contributed by atoms with Gasteiger partial charge in [-0.05, 0) is 61.0 Å². The van der Waals surface area contributed by atoms with Gasteiger partial charge in [-0.2, -0.15) is 0 Å². The van der Waals surface area contributed by atoms with Crippen LogP contribution in [0.25, 0.3) is 10.9 Å². The molecule has 2 aromatic heterocycles. The second-order valence-electron chi connectivity index (χ2n) is 10.7. The number of fused-ring (bicyclic) bond motifs is 1. The summed E-state index contributed by atoms with van der Waals surface area (Å²) in [5.74, 6) is -1.19. The molecule has 220 valence electrons. The van der Waals surface area contributed by atoms with Crippen molar-refractivity contribution in [1.82, 2.24) is 19.4 Å². The first-order valence-electron chi connectivity index (χ1n) is 14.4. The Morgan fingerprint density at radius 3 is 2.51 bits per heavy atom. The molecule has 1 N–H and O–H groups in total. The second kappa shape index (κ2) is 13.9. The van der Waals surface area contributed by atoms with Crippen molar-refractivity contribution in [3.8, 4) is 0 Å². The number of ether oxygens (including phenoxy) is 1. The highest BCUT2D eigenvalue weighted by molar-refractivity contribution is 5.88. The fourth-order valence-corrected chi connectivity index (χ4v) is 4.24. The highest BCUT2D eigenvalue weighted by Crippen LogP contribution is 2.24. The van der Waals surface area contributed by atoms with Crippen molar-refractivity contribution >= 4 is 28.7 Å². The van der Waals surface area contributed by atoms with E-state index in [0.717, 1.165) is 16.0 Å². The van der Waals surface area contributed by atoms with Gasteiger partial charge in [0, 0.05) is 65.7 Å². The molecule has 1 aromatic carbocycles. The molecule has 0 aliphatic heterocycles. The number of H-pyrrole nitrogens is 1. The number of pyridine rings is 1. The van der Waals surface area contributed by atoms with Crippen LogP contribution in [0.2, 0.25) is 0 Å². The van der Waals surface area contributed by atoms with Gasteiger partial charge in [0.25, 0.3) is 5.56 Å². The summed E-state index contributed by atoms with van der Waals surface area (Å²) in [6, 6.07) is 7.79. The van der Waals surface area contributed by atoms with E-state index in [1.807, 2.05) is 13.8 Å². The lowest BCUT2D eigenvalue weighted by Crippen LogP contribution is -2.35. The van der Waals surface area contributed by atoms with Crippen molar-refractivity contribution in [2.75, 3.05) is 28.2 Å². The van der Waals surface area contributed by atoms with Gasteiger partial charge in [-0.3, -0.25) is 14.4 Å². The summed E-state index contributed by atoms with van der Waals surface area (Å²) in [4.78, 5) is 56.7. The highest BCUT2D eigenvalue weighted by Gasteiger charge is 2.24. The van der Waals surface area contributed by atoms with Crippen LogP contribution in [0.15, 0.2) is 53.5 Å². The van der Waals surface area contributed by atoms with Gasteiger partial charge in [0.2, 0.25) is 5.91 Å². The number of carbonyl (C=O) groups excluding carboxylic acids is 3. The number of nitrogens with one attached hydrogen (secondary N) is 1. The molecule has 9 nitrogen and oxygen atoms in total. The van der Waals surface area contributed by atoms with Crippen LogP contribution in [-0.4, -0.2) is 71.4 Å². The predicted molar refractivity (Wildman–Crippen MR) is 156 cm³/mol. The number of Topliss-reactive ketones (excluding diaryl/α,β-unsaturated/α-hetero) is 1. The van der Waals surface area contributed by atoms with Crippen LogP contribution in [0.1, 0.15) is 46.2 Å². The van der Waals surface area contributed by atoms with Gasteiger partial charge in [-0.15, -0.1) is 0 Å². The van der Waals surface area contributed by atoms with Gasteiger partial charge in [-0.25, -0.2) is 9.18 Å². The molecular weight excluding hydrogens is 527 g/mol. The minimum atomic E-state index is -2.37. The third-order valence-electron chi connectivity index (χ3n) is 6.26. The molecule has 0 aliphatic rings. The van der Waals surface area contributed by atoms with E-state index in [0.29, 0.717) is 23.4 Å². The number of benzene rings is 1.